The zero-order chi connectivity index (χ0) is 16.5. The number of amides is 1. The third kappa shape index (κ3) is 6.15. The van der Waals surface area contributed by atoms with E-state index in [4.69, 9.17) is 9.47 Å². The Hall–Kier alpha value is -1.66. The van der Waals surface area contributed by atoms with E-state index in [9.17, 15) is 4.79 Å². The van der Waals surface area contributed by atoms with Gasteiger partial charge in [0.2, 0.25) is 5.91 Å². The van der Waals surface area contributed by atoms with E-state index in [0.717, 1.165) is 17.3 Å². The molecule has 23 heavy (non-hydrogen) atoms. The van der Waals surface area contributed by atoms with Gasteiger partial charge in [-0.1, -0.05) is 6.07 Å². The van der Waals surface area contributed by atoms with Gasteiger partial charge < -0.3 is 14.4 Å². The number of methoxy groups -OCH3 is 1. The highest BCUT2D eigenvalue weighted by Crippen LogP contribution is 2.17. The zero-order valence-corrected chi connectivity index (χ0v) is 15.0. The smallest absolute Gasteiger partial charge is 0.232 e. The maximum Gasteiger partial charge on any atom is 0.232 e. The van der Waals surface area contributed by atoms with E-state index in [0.29, 0.717) is 18.9 Å². The maximum atomic E-state index is 12.0. The summed E-state index contributed by atoms with van der Waals surface area (Å²) >= 11 is 3.26. The average Bonchev–Trinajstić information content (AvgIpc) is 3.07. The number of rotatable bonds is 9. The molecule has 0 aliphatic rings. The number of thioether (sulfide) groups is 1. The fourth-order valence-electron chi connectivity index (χ4n) is 1.88. The number of hydrogen-bond donors (Lipinski definition) is 0. The van der Waals surface area contributed by atoms with Crippen LogP contribution in [0.1, 0.15) is 4.88 Å². The number of thiophene rings is 1. The van der Waals surface area contributed by atoms with Crippen LogP contribution in [0.2, 0.25) is 0 Å². The predicted molar refractivity (Wildman–Crippen MR) is 96.6 cm³/mol. The molecule has 0 spiro atoms. The molecule has 0 saturated heterocycles. The Morgan fingerprint density at radius 2 is 1.96 bits per heavy atom. The summed E-state index contributed by atoms with van der Waals surface area (Å²) in [5.41, 5.74) is 0. The van der Waals surface area contributed by atoms with Crippen LogP contribution in [0, 0.1) is 0 Å². The molecule has 0 atom stereocenters. The van der Waals surface area contributed by atoms with Gasteiger partial charge in [-0.05, 0) is 35.7 Å². The van der Waals surface area contributed by atoms with Crippen molar-refractivity contribution in [2.45, 2.75) is 6.54 Å². The van der Waals surface area contributed by atoms with Crippen molar-refractivity contribution in [3.05, 3.63) is 46.7 Å². The van der Waals surface area contributed by atoms with E-state index < -0.39 is 0 Å². The quantitative estimate of drug-likeness (QED) is 0.648. The second-order valence-electron chi connectivity index (χ2n) is 4.91. The Morgan fingerprint density at radius 1 is 1.22 bits per heavy atom. The molecule has 1 heterocycles. The van der Waals surface area contributed by atoms with Crippen LogP contribution in [0.3, 0.4) is 0 Å². The lowest BCUT2D eigenvalue weighted by Gasteiger charge is -2.16. The van der Waals surface area contributed by atoms with Crippen LogP contribution in [0.15, 0.2) is 41.8 Å². The summed E-state index contributed by atoms with van der Waals surface area (Å²) in [5, 5.41) is 2.03. The highest BCUT2D eigenvalue weighted by molar-refractivity contribution is 7.99. The number of nitrogens with zero attached hydrogens (tertiary/aromatic N) is 1. The first-order chi connectivity index (χ1) is 11.2. The third-order valence-corrected chi connectivity index (χ3v) is 4.95. The minimum atomic E-state index is 0.146. The van der Waals surface area contributed by atoms with Crippen molar-refractivity contribution >= 4 is 29.0 Å². The predicted octanol–water partition coefficient (Wildman–Crippen LogP) is 3.53. The number of benzene rings is 1. The van der Waals surface area contributed by atoms with Crippen molar-refractivity contribution in [3.63, 3.8) is 0 Å². The first-order valence-corrected chi connectivity index (χ1v) is 9.33. The topological polar surface area (TPSA) is 38.8 Å². The van der Waals surface area contributed by atoms with Gasteiger partial charge in [-0.15, -0.1) is 23.1 Å². The Morgan fingerprint density at radius 3 is 2.61 bits per heavy atom. The molecule has 1 aromatic heterocycles. The number of hydrogen-bond acceptors (Lipinski definition) is 5. The standard InChI is InChI=1S/C17H21NO3S2/c1-18(12-16-4-3-10-23-16)17(19)13-22-11-9-21-15-7-5-14(20-2)6-8-15/h3-8,10H,9,11-13H2,1-2H3. The molecule has 0 aliphatic carbocycles. The van der Waals surface area contributed by atoms with Crippen LogP contribution in [-0.4, -0.2) is 43.1 Å². The fraction of sp³-hybridized carbons (Fsp3) is 0.353. The Labute approximate surface area is 145 Å². The molecule has 0 radical (unpaired) electrons. The molecule has 2 rings (SSSR count). The minimum Gasteiger partial charge on any atom is -0.497 e. The van der Waals surface area contributed by atoms with Crippen molar-refractivity contribution in [1.82, 2.24) is 4.90 Å². The summed E-state index contributed by atoms with van der Waals surface area (Å²) in [5.74, 6) is 3.03. The fourth-order valence-corrected chi connectivity index (χ4v) is 3.38. The molecule has 0 fully saturated rings. The van der Waals surface area contributed by atoms with Gasteiger partial charge >= 0.3 is 0 Å². The van der Waals surface area contributed by atoms with Gasteiger partial charge in [0.05, 0.1) is 26.0 Å². The lowest BCUT2D eigenvalue weighted by molar-refractivity contribution is -0.127. The molecule has 1 aromatic carbocycles. The van der Waals surface area contributed by atoms with Crippen molar-refractivity contribution in [2.24, 2.45) is 0 Å². The SMILES string of the molecule is COc1ccc(OCCSCC(=O)N(C)Cc2cccs2)cc1. The molecule has 0 saturated carbocycles. The molecule has 0 aliphatic heterocycles. The Bertz CT molecular complexity index is 584. The van der Waals surface area contributed by atoms with Gasteiger partial charge in [-0.3, -0.25) is 4.79 Å². The van der Waals surface area contributed by atoms with Gasteiger partial charge in [-0.25, -0.2) is 0 Å². The summed E-state index contributed by atoms with van der Waals surface area (Å²) < 4.78 is 10.7. The largest absolute Gasteiger partial charge is 0.497 e. The second kappa shape index (κ2) is 9.47. The maximum absolute atomic E-state index is 12.0. The molecule has 0 unspecified atom stereocenters. The summed E-state index contributed by atoms with van der Waals surface area (Å²) in [6, 6.07) is 11.5. The number of carbonyl (C=O) groups is 1. The summed E-state index contributed by atoms with van der Waals surface area (Å²) in [6.45, 7) is 1.26. The van der Waals surface area contributed by atoms with Gasteiger partial charge in [0.25, 0.3) is 0 Å². The van der Waals surface area contributed by atoms with Gasteiger partial charge in [0, 0.05) is 17.7 Å². The Kier molecular flexibility index (Phi) is 7.29. The Balaban J connectivity index is 1.59. The van der Waals surface area contributed by atoms with Gasteiger partial charge in [0.15, 0.2) is 0 Å². The first kappa shape index (κ1) is 17.7. The average molecular weight is 351 g/mol. The molecule has 6 heteroatoms. The van der Waals surface area contributed by atoms with E-state index in [1.807, 2.05) is 48.8 Å². The van der Waals surface area contributed by atoms with Crippen molar-refractivity contribution in [1.29, 1.82) is 0 Å². The summed E-state index contributed by atoms with van der Waals surface area (Å²) in [7, 11) is 3.48. The van der Waals surface area contributed by atoms with E-state index in [-0.39, 0.29) is 5.91 Å². The van der Waals surface area contributed by atoms with Crippen molar-refractivity contribution in [2.75, 3.05) is 32.3 Å². The van der Waals surface area contributed by atoms with Crippen molar-refractivity contribution < 1.29 is 14.3 Å². The lowest BCUT2D eigenvalue weighted by Crippen LogP contribution is -2.27. The van der Waals surface area contributed by atoms with Crippen LogP contribution in [-0.2, 0) is 11.3 Å². The highest BCUT2D eigenvalue weighted by atomic mass is 32.2. The molecule has 4 nitrogen and oxygen atoms in total. The summed E-state index contributed by atoms with van der Waals surface area (Å²) in [6.07, 6.45) is 0. The summed E-state index contributed by atoms with van der Waals surface area (Å²) in [4.78, 5) is 15.0. The number of carbonyl (C=O) groups excluding carboxylic acids is 1. The van der Waals surface area contributed by atoms with Crippen LogP contribution in [0.25, 0.3) is 0 Å². The molecule has 0 bridgehead atoms. The normalized spacial score (nSPS) is 10.3. The van der Waals surface area contributed by atoms with Crippen LogP contribution >= 0.6 is 23.1 Å². The highest BCUT2D eigenvalue weighted by Gasteiger charge is 2.09. The zero-order valence-electron chi connectivity index (χ0n) is 13.4. The molecule has 2 aromatic rings. The first-order valence-electron chi connectivity index (χ1n) is 7.30. The van der Waals surface area contributed by atoms with Gasteiger partial charge in [0.1, 0.15) is 11.5 Å². The van der Waals surface area contributed by atoms with E-state index >= 15 is 0 Å². The second-order valence-corrected chi connectivity index (χ2v) is 7.04. The van der Waals surface area contributed by atoms with Crippen LogP contribution < -0.4 is 9.47 Å². The molecule has 124 valence electrons. The lowest BCUT2D eigenvalue weighted by atomic mass is 10.3. The van der Waals surface area contributed by atoms with E-state index in [2.05, 4.69) is 0 Å². The van der Waals surface area contributed by atoms with E-state index in [1.54, 1.807) is 35.1 Å². The third-order valence-electron chi connectivity index (χ3n) is 3.18. The number of ether oxygens (including phenoxy) is 2. The molecular formula is C17H21NO3S2. The van der Waals surface area contributed by atoms with Crippen LogP contribution in [0.5, 0.6) is 11.5 Å². The minimum absolute atomic E-state index is 0.146. The molecule has 1 amide bonds. The molecule has 0 N–H and O–H groups in total. The van der Waals surface area contributed by atoms with Crippen molar-refractivity contribution in [3.8, 4) is 11.5 Å². The van der Waals surface area contributed by atoms with Crippen LogP contribution in [0.4, 0.5) is 0 Å². The molecular weight excluding hydrogens is 330 g/mol. The van der Waals surface area contributed by atoms with E-state index in [1.165, 1.54) is 4.88 Å². The van der Waals surface area contributed by atoms with Gasteiger partial charge in [-0.2, -0.15) is 0 Å². The monoisotopic (exact) mass is 351 g/mol.